The Bertz CT molecular complexity index is 827. The molecule has 3 rings (SSSR count). The van der Waals surface area contributed by atoms with E-state index in [1.54, 1.807) is 23.7 Å². The standard InChI is InChI=1S/C12H10N4O2/c1-15-7-13-10-9(15)11(17)14-12(18)16(10)8-5-3-2-4-6-8/h2-7H,1H3,(H,14,17,18). The van der Waals surface area contributed by atoms with E-state index in [0.717, 1.165) is 0 Å². The van der Waals surface area contributed by atoms with E-state index in [9.17, 15) is 9.59 Å². The summed E-state index contributed by atoms with van der Waals surface area (Å²) < 4.78 is 2.98. The van der Waals surface area contributed by atoms with Crippen molar-refractivity contribution in [2.75, 3.05) is 0 Å². The number of imidazole rings is 1. The zero-order chi connectivity index (χ0) is 12.7. The molecular formula is C12H10N4O2. The number of hydrogen-bond acceptors (Lipinski definition) is 3. The van der Waals surface area contributed by atoms with E-state index in [1.807, 2.05) is 18.2 Å². The minimum absolute atomic E-state index is 0.359. The molecule has 0 aliphatic carbocycles. The highest BCUT2D eigenvalue weighted by Crippen LogP contribution is 2.10. The van der Waals surface area contributed by atoms with Gasteiger partial charge in [0.2, 0.25) is 0 Å². The zero-order valence-corrected chi connectivity index (χ0v) is 9.62. The van der Waals surface area contributed by atoms with Crippen molar-refractivity contribution < 1.29 is 0 Å². The number of rotatable bonds is 1. The fraction of sp³-hybridized carbons (Fsp3) is 0.0833. The molecule has 0 saturated carbocycles. The first-order valence-electron chi connectivity index (χ1n) is 5.40. The lowest BCUT2D eigenvalue weighted by atomic mass is 10.3. The molecule has 18 heavy (non-hydrogen) atoms. The molecule has 0 radical (unpaired) electrons. The summed E-state index contributed by atoms with van der Waals surface area (Å²) in [5.74, 6) is 0. The molecule has 0 fully saturated rings. The highest BCUT2D eigenvalue weighted by molar-refractivity contribution is 5.71. The summed E-state index contributed by atoms with van der Waals surface area (Å²) in [4.78, 5) is 30.1. The summed E-state index contributed by atoms with van der Waals surface area (Å²) in [6, 6.07) is 9.07. The fourth-order valence-electron chi connectivity index (χ4n) is 1.97. The Labute approximate surface area is 101 Å². The van der Waals surface area contributed by atoms with Crippen LogP contribution in [0.5, 0.6) is 0 Å². The van der Waals surface area contributed by atoms with Gasteiger partial charge in [0.1, 0.15) is 0 Å². The van der Waals surface area contributed by atoms with Crippen molar-refractivity contribution in [1.82, 2.24) is 19.1 Å². The molecule has 0 amide bonds. The zero-order valence-electron chi connectivity index (χ0n) is 9.62. The van der Waals surface area contributed by atoms with Crippen LogP contribution in [0.1, 0.15) is 0 Å². The maximum absolute atomic E-state index is 11.9. The Morgan fingerprint density at radius 1 is 1.17 bits per heavy atom. The highest BCUT2D eigenvalue weighted by atomic mass is 16.2. The third kappa shape index (κ3) is 1.39. The largest absolute Gasteiger partial charge is 0.334 e. The molecular weight excluding hydrogens is 232 g/mol. The SMILES string of the molecule is Cn1cnc2c1c(=O)[nH]c(=O)n2-c1ccccc1. The third-order valence-corrected chi connectivity index (χ3v) is 2.78. The van der Waals surface area contributed by atoms with E-state index in [0.29, 0.717) is 16.9 Å². The average Bonchev–Trinajstić information content (AvgIpc) is 2.73. The Balaban J connectivity index is 2.51. The summed E-state index contributed by atoms with van der Waals surface area (Å²) in [5.41, 5.74) is 0.484. The van der Waals surface area contributed by atoms with Crippen molar-refractivity contribution in [2.24, 2.45) is 7.05 Å². The maximum atomic E-state index is 11.9. The number of para-hydroxylation sites is 1. The predicted octanol–water partition coefficient (Wildman–Crippen LogP) is 0.412. The number of hydrogen-bond donors (Lipinski definition) is 1. The summed E-state index contributed by atoms with van der Waals surface area (Å²) in [5, 5.41) is 0. The Morgan fingerprint density at radius 2 is 1.89 bits per heavy atom. The minimum Gasteiger partial charge on any atom is -0.328 e. The van der Waals surface area contributed by atoms with Crippen LogP contribution in [0.15, 0.2) is 46.2 Å². The van der Waals surface area contributed by atoms with Gasteiger partial charge in [-0.3, -0.25) is 9.78 Å². The Hall–Kier alpha value is -2.63. The normalized spacial score (nSPS) is 10.9. The van der Waals surface area contributed by atoms with E-state index in [-0.39, 0.29) is 0 Å². The second-order valence-electron chi connectivity index (χ2n) is 3.96. The van der Waals surface area contributed by atoms with Crippen molar-refractivity contribution in [3.05, 3.63) is 57.5 Å². The molecule has 0 atom stereocenters. The first-order valence-corrected chi connectivity index (χ1v) is 5.40. The van der Waals surface area contributed by atoms with Gasteiger partial charge in [-0.2, -0.15) is 0 Å². The second-order valence-corrected chi connectivity index (χ2v) is 3.96. The summed E-state index contributed by atoms with van der Waals surface area (Å²) in [6.07, 6.45) is 1.51. The van der Waals surface area contributed by atoms with Gasteiger partial charge in [-0.25, -0.2) is 14.3 Å². The molecule has 2 heterocycles. The molecule has 1 aromatic carbocycles. The number of aromatic amines is 1. The van der Waals surface area contributed by atoms with Gasteiger partial charge in [-0.15, -0.1) is 0 Å². The molecule has 90 valence electrons. The molecule has 3 aromatic rings. The summed E-state index contributed by atoms with van der Waals surface area (Å²) in [6.45, 7) is 0. The van der Waals surface area contributed by atoms with Gasteiger partial charge in [0.15, 0.2) is 11.2 Å². The number of nitrogens with zero attached hydrogens (tertiary/aromatic N) is 3. The average molecular weight is 242 g/mol. The van der Waals surface area contributed by atoms with Crippen molar-refractivity contribution in [3.8, 4) is 5.69 Å². The molecule has 0 spiro atoms. The molecule has 6 heteroatoms. The van der Waals surface area contributed by atoms with Gasteiger partial charge < -0.3 is 4.57 Å². The molecule has 6 nitrogen and oxygen atoms in total. The smallest absolute Gasteiger partial charge is 0.328 e. The van der Waals surface area contributed by atoms with Crippen LogP contribution in [0.3, 0.4) is 0 Å². The molecule has 0 aliphatic rings. The lowest BCUT2D eigenvalue weighted by Crippen LogP contribution is -2.29. The number of H-pyrrole nitrogens is 1. The van der Waals surface area contributed by atoms with Crippen LogP contribution in [-0.4, -0.2) is 19.1 Å². The lowest BCUT2D eigenvalue weighted by molar-refractivity contribution is 0.911. The van der Waals surface area contributed by atoms with Gasteiger partial charge in [0, 0.05) is 7.05 Å². The summed E-state index contributed by atoms with van der Waals surface area (Å²) >= 11 is 0. The van der Waals surface area contributed by atoms with Crippen LogP contribution < -0.4 is 11.2 Å². The second kappa shape index (κ2) is 3.69. The molecule has 0 saturated heterocycles. The van der Waals surface area contributed by atoms with Gasteiger partial charge in [0.25, 0.3) is 5.56 Å². The van der Waals surface area contributed by atoms with Crippen molar-refractivity contribution >= 4 is 11.2 Å². The quantitative estimate of drug-likeness (QED) is 0.671. The van der Waals surface area contributed by atoms with Crippen LogP contribution in [0, 0.1) is 0 Å². The number of aryl methyl sites for hydroxylation is 1. The van der Waals surface area contributed by atoms with E-state index < -0.39 is 11.2 Å². The van der Waals surface area contributed by atoms with Crippen molar-refractivity contribution in [2.45, 2.75) is 0 Å². The van der Waals surface area contributed by atoms with Gasteiger partial charge >= 0.3 is 5.69 Å². The van der Waals surface area contributed by atoms with Crippen molar-refractivity contribution in [1.29, 1.82) is 0 Å². The topological polar surface area (TPSA) is 72.7 Å². The van der Waals surface area contributed by atoms with Crippen LogP contribution in [0.4, 0.5) is 0 Å². The molecule has 0 bridgehead atoms. The van der Waals surface area contributed by atoms with Crippen LogP contribution in [0.25, 0.3) is 16.9 Å². The lowest BCUT2D eigenvalue weighted by Gasteiger charge is -2.05. The van der Waals surface area contributed by atoms with E-state index in [1.165, 1.54) is 10.9 Å². The minimum atomic E-state index is -0.489. The van der Waals surface area contributed by atoms with E-state index in [4.69, 9.17) is 0 Å². The first-order chi connectivity index (χ1) is 8.68. The summed E-state index contributed by atoms with van der Waals surface area (Å²) in [7, 11) is 1.71. The Kier molecular flexibility index (Phi) is 2.16. The fourth-order valence-corrected chi connectivity index (χ4v) is 1.97. The van der Waals surface area contributed by atoms with E-state index >= 15 is 0 Å². The Morgan fingerprint density at radius 3 is 2.61 bits per heavy atom. The number of fused-ring (bicyclic) bond motifs is 1. The van der Waals surface area contributed by atoms with Crippen LogP contribution in [-0.2, 0) is 7.05 Å². The van der Waals surface area contributed by atoms with Crippen LogP contribution >= 0.6 is 0 Å². The van der Waals surface area contributed by atoms with Crippen molar-refractivity contribution in [3.63, 3.8) is 0 Å². The molecule has 2 aromatic heterocycles. The number of benzene rings is 1. The third-order valence-electron chi connectivity index (χ3n) is 2.78. The predicted molar refractivity (Wildman–Crippen MR) is 66.9 cm³/mol. The number of aromatic nitrogens is 4. The maximum Gasteiger partial charge on any atom is 0.334 e. The highest BCUT2D eigenvalue weighted by Gasteiger charge is 2.12. The van der Waals surface area contributed by atoms with Gasteiger partial charge in [-0.05, 0) is 12.1 Å². The van der Waals surface area contributed by atoms with Gasteiger partial charge in [0.05, 0.1) is 12.0 Å². The molecule has 0 unspecified atom stereocenters. The van der Waals surface area contributed by atoms with E-state index in [2.05, 4.69) is 9.97 Å². The van der Waals surface area contributed by atoms with Crippen LogP contribution in [0.2, 0.25) is 0 Å². The first kappa shape index (κ1) is 10.5. The monoisotopic (exact) mass is 242 g/mol. The molecule has 0 aliphatic heterocycles. The molecule has 1 N–H and O–H groups in total. The van der Waals surface area contributed by atoms with Gasteiger partial charge in [-0.1, -0.05) is 18.2 Å². The number of nitrogens with one attached hydrogen (secondary N) is 1.